The second-order valence-corrected chi connectivity index (χ2v) is 11.2. The Kier molecular flexibility index (Phi) is 11.2. The molecule has 0 aliphatic heterocycles. The van der Waals surface area contributed by atoms with Gasteiger partial charge in [-0.25, -0.2) is 0 Å². The molecule has 2 aromatic carbocycles. The summed E-state index contributed by atoms with van der Waals surface area (Å²) in [6.07, 6.45) is 11.4. The maximum absolute atomic E-state index is 12.3. The zero-order valence-corrected chi connectivity index (χ0v) is 24.9. The quantitative estimate of drug-likeness (QED) is 0.165. The number of ether oxygens (including phenoxy) is 2. The molecular formula is C35H40O7. The molecule has 0 amide bonds. The molecule has 0 saturated carbocycles. The fourth-order valence-electron chi connectivity index (χ4n) is 4.74. The van der Waals surface area contributed by atoms with Gasteiger partial charge in [-0.3, -0.25) is 14.4 Å². The van der Waals surface area contributed by atoms with Crippen LogP contribution in [0.2, 0.25) is 0 Å². The number of phenolic OH excluding ortho intramolecular Hbond substituents is 1. The first-order valence-electron chi connectivity index (χ1n) is 14.0. The molecule has 0 unspecified atom stereocenters. The molecule has 2 aromatic rings. The normalized spacial score (nSPS) is 20.8. The third kappa shape index (κ3) is 9.42. The molecule has 222 valence electrons. The first kappa shape index (κ1) is 32.3. The van der Waals surface area contributed by atoms with E-state index in [1.54, 1.807) is 54.6 Å². The molecule has 7 heteroatoms. The Balaban J connectivity index is 1.53. The number of hydrogen-bond donors (Lipinski definition) is 2. The van der Waals surface area contributed by atoms with Crippen molar-refractivity contribution >= 4 is 29.5 Å². The lowest BCUT2D eigenvalue weighted by Gasteiger charge is -2.39. The van der Waals surface area contributed by atoms with Crippen molar-refractivity contribution in [1.82, 2.24) is 0 Å². The van der Waals surface area contributed by atoms with E-state index in [1.165, 1.54) is 25.3 Å². The van der Waals surface area contributed by atoms with Gasteiger partial charge >= 0.3 is 0 Å². The molecule has 0 bridgehead atoms. The van der Waals surface area contributed by atoms with Gasteiger partial charge in [-0.05, 0) is 98.7 Å². The maximum Gasteiger partial charge on any atom is 0.163 e. The first-order chi connectivity index (χ1) is 19.9. The molecule has 1 aliphatic carbocycles. The molecule has 3 rings (SSSR count). The van der Waals surface area contributed by atoms with Gasteiger partial charge in [-0.2, -0.15) is 0 Å². The second-order valence-electron chi connectivity index (χ2n) is 11.2. The van der Waals surface area contributed by atoms with E-state index in [-0.39, 0.29) is 41.4 Å². The van der Waals surface area contributed by atoms with Crippen LogP contribution in [0.5, 0.6) is 17.2 Å². The number of ketones is 3. The zero-order valence-electron chi connectivity index (χ0n) is 24.9. The summed E-state index contributed by atoms with van der Waals surface area (Å²) in [4.78, 5) is 36.7. The summed E-state index contributed by atoms with van der Waals surface area (Å²) in [6, 6.07) is 11.8. The number of carbonyl (C=O) groups is 3. The van der Waals surface area contributed by atoms with Crippen LogP contribution in [0, 0.1) is 11.8 Å². The Morgan fingerprint density at radius 2 is 1.62 bits per heavy atom. The molecule has 7 nitrogen and oxygen atoms in total. The lowest BCUT2D eigenvalue weighted by atomic mass is 9.76. The Morgan fingerprint density at radius 3 is 2.21 bits per heavy atom. The van der Waals surface area contributed by atoms with E-state index in [9.17, 15) is 24.6 Å². The predicted molar refractivity (Wildman–Crippen MR) is 164 cm³/mol. The minimum Gasteiger partial charge on any atom is -0.504 e. The number of benzene rings is 2. The van der Waals surface area contributed by atoms with Crippen molar-refractivity contribution in [3.63, 3.8) is 0 Å². The van der Waals surface area contributed by atoms with E-state index in [0.717, 1.165) is 11.1 Å². The van der Waals surface area contributed by atoms with E-state index in [0.29, 0.717) is 29.9 Å². The highest BCUT2D eigenvalue weighted by atomic mass is 16.5. The monoisotopic (exact) mass is 572 g/mol. The van der Waals surface area contributed by atoms with Gasteiger partial charge in [0.05, 0.1) is 19.6 Å². The smallest absolute Gasteiger partial charge is 0.163 e. The topological polar surface area (TPSA) is 110 Å². The summed E-state index contributed by atoms with van der Waals surface area (Å²) in [5.74, 6) is 0.474. The largest absolute Gasteiger partial charge is 0.504 e. The van der Waals surface area contributed by atoms with Crippen molar-refractivity contribution in [2.24, 2.45) is 11.8 Å². The van der Waals surface area contributed by atoms with Crippen LogP contribution in [0.15, 0.2) is 78.4 Å². The van der Waals surface area contributed by atoms with Crippen molar-refractivity contribution in [3.05, 3.63) is 89.5 Å². The first-order valence-corrected chi connectivity index (χ1v) is 14.0. The van der Waals surface area contributed by atoms with Crippen LogP contribution < -0.4 is 9.47 Å². The van der Waals surface area contributed by atoms with Crippen LogP contribution >= 0.6 is 0 Å². The SMILES string of the molecule is COc1cc(/C=C/C(=O)CC(=O)/C=C/c2ccc(O[C@]3(C)C=C[C@@H]([C@@H](C)CC(=O)C=C(C)C)C[C@@H]3O)cc2)ccc1O. The number of methoxy groups -OCH3 is 1. The van der Waals surface area contributed by atoms with Gasteiger partial charge in [-0.15, -0.1) is 0 Å². The van der Waals surface area contributed by atoms with E-state index in [1.807, 2.05) is 39.8 Å². The van der Waals surface area contributed by atoms with Crippen LogP contribution in [0.3, 0.4) is 0 Å². The molecule has 0 radical (unpaired) electrons. The molecule has 2 N–H and O–H groups in total. The minimum atomic E-state index is -0.910. The molecule has 1 aliphatic rings. The van der Waals surface area contributed by atoms with E-state index in [4.69, 9.17) is 9.47 Å². The molecule has 4 atom stereocenters. The van der Waals surface area contributed by atoms with E-state index >= 15 is 0 Å². The Morgan fingerprint density at radius 1 is 1.00 bits per heavy atom. The lowest BCUT2D eigenvalue weighted by Crippen LogP contribution is -2.47. The van der Waals surface area contributed by atoms with Crippen LogP contribution in [0.4, 0.5) is 0 Å². The second kappa shape index (κ2) is 14.6. The van der Waals surface area contributed by atoms with Gasteiger partial charge in [0.1, 0.15) is 11.4 Å². The standard InChI is InChI=1S/C35H40O7/c1-23(2)18-30(38)19-24(3)27-16-17-35(4,34(40)21-27)42-31-13-8-25(9-14-31)6-11-28(36)22-29(37)12-7-26-10-15-32(39)33(20-26)41-5/h6-18,20,24,27,34,39-40H,19,21-22H2,1-5H3/b11-6+,12-7+/t24-,27+,34-,35+/m0/s1. The molecule has 0 saturated heterocycles. The summed E-state index contributed by atoms with van der Waals surface area (Å²) >= 11 is 0. The third-order valence-electron chi connectivity index (χ3n) is 7.23. The average Bonchev–Trinajstić information content (AvgIpc) is 2.93. The van der Waals surface area contributed by atoms with E-state index in [2.05, 4.69) is 0 Å². The number of allylic oxidation sites excluding steroid dienone is 5. The Hall–Kier alpha value is -4.23. The molecule has 0 heterocycles. The number of carbonyl (C=O) groups excluding carboxylic acids is 3. The number of aliphatic hydroxyl groups is 1. The van der Waals surface area contributed by atoms with Gasteiger partial charge in [0.25, 0.3) is 0 Å². The summed E-state index contributed by atoms with van der Waals surface area (Å²) in [7, 11) is 1.44. The maximum atomic E-state index is 12.3. The van der Waals surface area contributed by atoms with Crippen molar-refractivity contribution in [2.45, 2.75) is 58.7 Å². The number of rotatable bonds is 13. The zero-order chi connectivity index (χ0) is 30.9. The van der Waals surface area contributed by atoms with Gasteiger partial charge in [0, 0.05) is 6.42 Å². The van der Waals surface area contributed by atoms with Crippen LogP contribution in [0.25, 0.3) is 12.2 Å². The number of hydrogen-bond acceptors (Lipinski definition) is 7. The van der Waals surface area contributed by atoms with Crippen molar-refractivity contribution in [3.8, 4) is 17.2 Å². The Bertz CT molecular complexity index is 1390. The summed E-state index contributed by atoms with van der Waals surface area (Å²) in [5.41, 5.74) is 1.49. The van der Waals surface area contributed by atoms with Crippen LogP contribution in [-0.4, -0.2) is 46.4 Å². The van der Waals surface area contributed by atoms with E-state index < -0.39 is 11.7 Å². The highest BCUT2D eigenvalue weighted by molar-refractivity contribution is 6.10. The van der Waals surface area contributed by atoms with Crippen molar-refractivity contribution in [2.75, 3.05) is 7.11 Å². The van der Waals surface area contributed by atoms with Crippen LogP contribution in [-0.2, 0) is 14.4 Å². The Labute approximate surface area is 247 Å². The fourth-order valence-corrected chi connectivity index (χ4v) is 4.74. The average molecular weight is 573 g/mol. The van der Waals surface area contributed by atoms with Gasteiger partial charge in [0.15, 0.2) is 28.8 Å². The minimum absolute atomic E-state index is 0.00251. The number of phenols is 1. The molecule has 0 spiro atoms. The van der Waals surface area contributed by atoms with Gasteiger partial charge < -0.3 is 19.7 Å². The molecular weight excluding hydrogens is 532 g/mol. The molecule has 42 heavy (non-hydrogen) atoms. The highest BCUT2D eigenvalue weighted by Gasteiger charge is 2.39. The summed E-state index contributed by atoms with van der Waals surface area (Å²) in [6.45, 7) is 7.67. The lowest BCUT2D eigenvalue weighted by molar-refractivity contribution is -0.122. The third-order valence-corrected chi connectivity index (χ3v) is 7.23. The molecule has 0 fully saturated rings. The number of aliphatic hydroxyl groups excluding tert-OH is 1. The number of aromatic hydroxyl groups is 1. The summed E-state index contributed by atoms with van der Waals surface area (Å²) < 4.78 is 11.2. The van der Waals surface area contributed by atoms with Crippen molar-refractivity contribution in [1.29, 1.82) is 0 Å². The fraction of sp³-hybridized carbons (Fsp3) is 0.343. The van der Waals surface area contributed by atoms with Crippen LogP contribution in [0.1, 0.15) is 58.1 Å². The predicted octanol–water partition coefficient (Wildman–Crippen LogP) is 6.29. The van der Waals surface area contributed by atoms with Crippen molar-refractivity contribution < 1.29 is 34.1 Å². The summed E-state index contributed by atoms with van der Waals surface area (Å²) in [5, 5.41) is 20.6. The van der Waals surface area contributed by atoms with Gasteiger partial charge in [0.2, 0.25) is 0 Å². The molecule has 0 aromatic heterocycles. The van der Waals surface area contributed by atoms with Gasteiger partial charge in [-0.1, -0.05) is 48.9 Å². The highest BCUT2D eigenvalue weighted by Crippen LogP contribution is 2.35.